The van der Waals surface area contributed by atoms with Crippen molar-refractivity contribution in [2.75, 3.05) is 0 Å². The first-order valence-corrected chi connectivity index (χ1v) is 6.33. The number of aliphatic carboxylic acids is 1. The van der Waals surface area contributed by atoms with Gasteiger partial charge in [-0.25, -0.2) is 13.1 Å². The van der Waals surface area contributed by atoms with Gasteiger partial charge in [-0.2, -0.15) is 0 Å². The molecule has 0 saturated carbocycles. The Morgan fingerprint density at radius 3 is 2.44 bits per heavy atom. The molecule has 0 aromatic heterocycles. The predicted molar refractivity (Wildman–Crippen MR) is 59.3 cm³/mol. The first kappa shape index (κ1) is 12.7. The van der Waals surface area contributed by atoms with Crippen molar-refractivity contribution in [2.24, 2.45) is 0 Å². The highest BCUT2D eigenvalue weighted by molar-refractivity contribution is 7.88. The van der Waals surface area contributed by atoms with E-state index in [1.54, 1.807) is 30.3 Å². The number of nitrogens with one attached hydrogen (secondary N) is 1. The van der Waals surface area contributed by atoms with Crippen LogP contribution >= 0.6 is 0 Å². The van der Waals surface area contributed by atoms with Crippen molar-refractivity contribution in [1.29, 1.82) is 0 Å². The second-order valence-electron chi connectivity index (χ2n) is 3.42. The SMILES string of the molecule is C[C@@H](NS(=O)(=O)Cc1ccccc1)C(=O)O. The van der Waals surface area contributed by atoms with Crippen molar-refractivity contribution in [2.45, 2.75) is 18.7 Å². The van der Waals surface area contributed by atoms with Gasteiger partial charge in [0.15, 0.2) is 0 Å². The van der Waals surface area contributed by atoms with Gasteiger partial charge in [0.2, 0.25) is 10.0 Å². The van der Waals surface area contributed by atoms with Gasteiger partial charge in [-0.05, 0) is 12.5 Å². The van der Waals surface area contributed by atoms with E-state index in [1.807, 2.05) is 0 Å². The Morgan fingerprint density at radius 2 is 1.94 bits per heavy atom. The minimum Gasteiger partial charge on any atom is -0.480 e. The molecule has 0 amide bonds. The predicted octanol–water partition coefficient (Wildman–Crippen LogP) is 0.579. The quantitative estimate of drug-likeness (QED) is 0.792. The summed E-state index contributed by atoms with van der Waals surface area (Å²) in [6, 6.07) is 7.46. The molecule has 2 N–H and O–H groups in total. The Bertz CT molecular complexity index is 455. The maximum atomic E-state index is 11.5. The summed E-state index contributed by atoms with van der Waals surface area (Å²) in [5.74, 6) is -1.41. The van der Waals surface area contributed by atoms with E-state index in [4.69, 9.17) is 5.11 Å². The highest BCUT2D eigenvalue weighted by atomic mass is 32.2. The average Bonchev–Trinajstić information content (AvgIpc) is 2.17. The van der Waals surface area contributed by atoms with E-state index in [0.717, 1.165) is 0 Å². The van der Waals surface area contributed by atoms with Gasteiger partial charge in [0.05, 0.1) is 5.75 Å². The standard InChI is InChI=1S/C10H13NO4S/c1-8(10(12)13)11-16(14,15)7-9-5-3-2-4-6-9/h2-6,8,11H,7H2,1H3,(H,12,13)/t8-/m1/s1. The Labute approximate surface area is 94.2 Å². The van der Waals surface area contributed by atoms with Crippen LogP contribution in [0.1, 0.15) is 12.5 Å². The fraction of sp³-hybridized carbons (Fsp3) is 0.300. The normalized spacial score (nSPS) is 13.3. The smallest absolute Gasteiger partial charge is 0.321 e. The second kappa shape index (κ2) is 5.09. The molecule has 1 aromatic carbocycles. The zero-order chi connectivity index (χ0) is 12.2. The summed E-state index contributed by atoms with van der Waals surface area (Å²) >= 11 is 0. The highest BCUT2D eigenvalue weighted by Crippen LogP contribution is 2.04. The van der Waals surface area contributed by atoms with E-state index in [9.17, 15) is 13.2 Å². The molecule has 88 valence electrons. The van der Waals surface area contributed by atoms with Crippen LogP contribution in [0.4, 0.5) is 0 Å². The van der Waals surface area contributed by atoms with Crippen LogP contribution < -0.4 is 4.72 Å². The Morgan fingerprint density at radius 1 is 1.38 bits per heavy atom. The monoisotopic (exact) mass is 243 g/mol. The van der Waals surface area contributed by atoms with Gasteiger partial charge >= 0.3 is 5.97 Å². The largest absolute Gasteiger partial charge is 0.480 e. The topological polar surface area (TPSA) is 83.5 Å². The first-order valence-electron chi connectivity index (χ1n) is 4.67. The lowest BCUT2D eigenvalue weighted by molar-refractivity contribution is -0.138. The van der Waals surface area contributed by atoms with E-state index >= 15 is 0 Å². The fourth-order valence-electron chi connectivity index (χ4n) is 1.16. The molecule has 0 aliphatic rings. The van der Waals surface area contributed by atoms with E-state index < -0.39 is 22.0 Å². The third-order valence-electron chi connectivity index (χ3n) is 1.93. The lowest BCUT2D eigenvalue weighted by Gasteiger charge is -2.09. The summed E-state index contributed by atoms with van der Waals surface area (Å²) in [6.07, 6.45) is 0. The molecule has 0 unspecified atom stereocenters. The Kier molecular flexibility index (Phi) is 4.03. The molecule has 0 aliphatic carbocycles. The molecule has 0 saturated heterocycles. The molecule has 1 atom stereocenters. The van der Waals surface area contributed by atoms with E-state index in [0.29, 0.717) is 5.56 Å². The zero-order valence-corrected chi connectivity index (χ0v) is 9.57. The number of carbonyl (C=O) groups is 1. The van der Waals surface area contributed by atoms with Crippen LogP contribution in [-0.2, 0) is 20.6 Å². The number of hydrogen-bond acceptors (Lipinski definition) is 3. The molecule has 1 rings (SSSR count). The van der Waals surface area contributed by atoms with Gasteiger partial charge in [0.25, 0.3) is 0 Å². The molecule has 0 bridgehead atoms. The molecule has 0 heterocycles. The summed E-state index contributed by atoms with van der Waals surface area (Å²) in [7, 11) is -3.61. The van der Waals surface area contributed by atoms with Crippen molar-refractivity contribution in [3.05, 3.63) is 35.9 Å². The van der Waals surface area contributed by atoms with Gasteiger partial charge in [-0.3, -0.25) is 4.79 Å². The van der Waals surface area contributed by atoms with Gasteiger partial charge in [-0.15, -0.1) is 0 Å². The zero-order valence-electron chi connectivity index (χ0n) is 8.75. The summed E-state index contributed by atoms with van der Waals surface area (Å²) < 4.78 is 25.2. The molecule has 16 heavy (non-hydrogen) atoms. The molecular formula is C10H13NO4S. The summed E-state index contributed by atoms with van der Waals surface area (Å²) in [5.41, 5.74) is 0.618. The molecule has 0 aliphatic heterocycles. The van der Waals surface area contributed by atoms with Crippen LogP contribution in [0.15, 0.2) is 30.3 Å². The maximum Gasteiger partial charge on any atom is 0.321 e. The van der Waals surface area contributed by atoms with Crippen LogP contribution in [0.5, 0.6) is 0 Å². The van der Waals surface area contributed by atoms with E-state index in [1.165, 1.54) is 6.92 Å². The molecule has 6 heteroatoms. The minimum absolute atomic E-state index is 0.217. The van der Waals surface area contributed by atoms with Crippen LogP contribution in [0.2, 0.25) is 0 Å². The fourth-order valence-corrected chi connectivity index (χ4v) is 2.51. The number of carboxylic acid groups (broad SMARTS) is 1. The summed E-state index contributed by atoms with van der Waals surface area (Å²) in [4.78, 5) is 10.5. The number of carboxylic acids is 1. The van der Waals surface area contributed by atoms with Crippen molar-refractivity contribution < 1.29 is 18.3 Å². The van der Waals surface area contributed by atoms with Gasteiger partial charge in [0.1, 0.15) is 6.04 Å². The Balaban J connectivity index is 2.70. The molecule has 0 radical (unpaired) electrons. The van der Waals surface area contributed by atoms with Crippen molar-refractivity contribution in [3.63, 3.8) is 0 Å². The number of benzene rings is 1. The maximum absolute atomic E-state index is 11.5. The second-order valence-corrected chi connectivity index (χ2v) is 5.18. The van der Waals surface area contributed by atoms with Crippen LogP contribution in [-0.4, -0.2) is 25.5 Å². The molecule has 5 nitrogen and oxygen atoms in total. The van der Waals surface area contributed by atoms with E-state index in [2.05, 4.69) is 4.72 Å². The average molecular weight is 243 g/mol. The van der Waals surface area contributed by atoms with Gasteiger partial charge < -0.3 is 5.11 Å². The lowest BCUT2D eigenvalue weighted by atomic mass is 10.2. The summed E-state index contributed by atoms with van der Waals surface area (Å²) in [6.45, 7) is 1.28. The third-order valence-corrected chi connectivity index (χ3v) is 3.35. The van der Waals surface area contributed by atoms with Crippen molar-refractivity contribution >= 4 is 16.0 Å². The Hall–Kier alpha value is -1.40. The molecule has 1 aromatic rings. The molecule has 0 spiro atoms. The van der Waals surface area contributed by atoms with Crippen LogP contribution in [0.25, 0.3) is 0 Å². The van der Waals surface area contributed by atoms with Gasteiger partial charge in [0, 0.05) is 0 Å². The summed E-state index contributed by atoms with van der Waals surface area (Å²) in [5, 5.41) is 8.58. The van der Waals surface area contributed by atoms with Gasteiger partial charge in [-0.1, -0.05) is 30.3 Å². The number of rotatable bonds is 5. The number of hydrogen-bond donors (Lipinski definition) is 2. The highest BCUT2D eigenvalue weighted by Gasteiger charge is 2.19. The van der Waals surface area contributed by atoms with Crippen LogP contribution in [0.3, 0.4) is 0 Å². The number of sulfonamides is 1. The molecular weight excluding hydrogens is 230 g/mol. The van der Waals surface area contributed by atoms with E-state index in [-0.39, 0.29) is 5.75 Å². The first-order chi connectivity index (χ1) is 7.41. The third kappa shape index (κ3) is 4.00. The van der Waals surface area contributed by atoms with Crippen molar-refractivity contribution in [1.82, 2.24) is 4.72 Å². The van der Waals surface area contributed by atoms with Crippen molar-refractivity contribution in [3.8, 4) is 0 Å². The van der Waals surface area contributed by atoms with Crippen LogP contribution in [0, 0.1) is 0 Å². The lowest BCUT2D eigenvalue weighted by Crippen LogP contribution is -2.38. The minimum atomic E-state index is -3.61. The molecule has 0 fully saturated rings.